The number of nitrogens with zero attached hydrogens (tertiary/aromatic N) is 2. The molecule has 0 unspecified atom stereocenters. The molecule has 0 radical (unpaired) electrons. The maximum Gasteiger partial charge on any atom is 0.276 e. The number of aromatic nitrogens is 2. The van der Waals surface area contributed by atoms with Gasteiger partial charge in [0, 0.05) is 28.4 Å². The molecule has 0 saturated heterocycles. The number of hydrogen-bond acceptors (Lipinski definition) is 3. The highest BCUT2D eigenvalue weighted by atomic mass is 35.5. The normalized spacial score (nSPS) is 10.6. The van der Waals surface area contributed by atoms with Crippen LogP contribution < -0.4 is 5.32 Å². The summed E-state index contributed by atoms with van der Waals surface area (Å²) < 4.78 is 1.74. The Morgan fingerprint density at radius 2 is 1.85 bits per heavy atom. The van der Waals surface area contributed by atoms with Crippen molar-refractivity contribution >= 4 is 29.0 Å². The maximum atomic E-state index is 12.8. The van der Waals surface area contributed by atoms with E-state index in [9.17, 15) is 9.59 Å². The van der Waals surface area contributed by atoms with Gasteiger partial charge in [-0.2, -0.15) is 5.10 Å². The molecule has 0 aliphatic rings. The quantitative estimate of drug-likeness (QED) is 0.682. The summed E-state index contributed by atoms with van der Waals surface area (Å²) >= 11 is 6.06. The van der Waals surface area contributed by atoms with Crippen LogP contribution in [0.2, 0.25) is 5.02 Å². The van der Waals surface area contributed by atoms with E-state index in [2.05, 4.69) is 10.4 Å². The number of aryl methyl sites for hydroxylation is 2. The summed E-state index contributed by atoms with van der Waals surface area (Å²) in [4.78, 5) is 25.4. The summed E-state index contributed by atoms with van der Waals surface area (Å²) in [5.41, 5.74) is 2.46. The lowest BCUT2D eigenvalue weighted by Crippen LogP contribution is -2.16. The first kappa shape index (κ1) is 17.9. The van der Waals surface area contributed by atoms with Gasteiger partial charge >= 0.3 is 0 Å². The van der Waals surface area contributed by atoms with E-state index < -0.39 is 0 Å². The molecule has 1 heterocycles. The van der Waals surface area contributed by atoms with Gasteiger partial charge in [-0.3, -0.25) is 14.3 Å². The highest BCUT2D eigenvalue weighted by Gasteiger charge is 2.18. The number of ketones is 1. The predicted molar refractivity (Wildman–Crippen MR) is 102 cm³/mol. The van der Waals surface area contributed by atoms with E-state index in [4.69, 9.17) is 11.6 Å². The van der Waals surface area contributed by atoms with Crippen LogP contribution in [0.5, 0.6) is 0 Å². The Bertz CT molecular complexity index is 964. The van der Waals surface area contributed by atoms with Gasteiger partial charge in [-0.1, -0.05) is 41.9 Å². The zero-order valence-electron chi connectivity index (χ0n) is 14.5. The van der Waals surface area contributed by atoms with Crippen molar-refractivity contribution in [2.24, 2.45) is 0 Å². The summed E-state index contributed by atoms with van der Waals surface area (Å²) in [5, 5.41) is 7.47. The second kappa shape index (κ2) is 7.54. The molecule has 0 fully saturated rings. The third-order valence-corrected chi connectivity index (χ3v) is 4.26. The van der Waals surface area contributed by atoms with Gasteiger partial charge in [0.2, 0.25) is 0 Å². The second-order valence-electron chi connectivity index (χ2n) is 5.83. The fourth-order valence-corrected chi connectivity index (χ4v) is 2.86. The average molecular weight is 368 g/mol. The van der Waals surface area contributed by atoms with E-state index in [0.29, 0.717) is 34.1 Å². The molecule has 1 amide bonds. The lowest BCUT2D eigenvalue weighted by Gasteiger charge is -2.10. The maximum absolute atomic E-state index is 12.8. The fraction of sp³-hybridized carbons (Fsp3) is 0.150. The Balaban J connectivity index is 1.93. The molecule has 1 aromatic heterocycles. The van der Waals surface area contributed by atoms with E-state index in [0.717, 1.165) is 5.69 Å². The van der Waals surface area contributed by atoms with Crippen LogP contribution in [0.25, 0.3) is 0 Å². The molecular formula is C20H18ClN3O2. The first-order valence-electron chi connectivity index (χ1n) is 8.24. The number of carbonyl (C=O) groups is 2. The Morgan fingerprint density at radius 3 is 2.50 bits per heavy atom. The van der Waals surface area contributed by atoms with Crippen molar-refractivity contribution < 1.29 is 9.59 Å². The molecule has 0 atom stereocenters. The molecule has 5 nitrogen and oxygen atoms in total. The minimum atomic E-state index is -0.371. The monoisotopic (exact) mass is 367 g/mol. The predicted octanol–water partition coefficient (Wildman–Crippen LogP) is 4.35. The minimum Gasteiger partial charge on any atom is -0.320 e. The Morgan fingerprint density at radius 1 is 1.12 bits per heavy atom. The van der Waals surface area contributed by atoms with Gasteiger partial charge in [-0.05, 0) is 38.1 Å². The molecule has 0 spiro atoms. The number of benzene rings is 2. The van der Waals surface area contributed by atoms with Crippen molar-refractivity contribution in [2.45, 2.75) is 20.4 Å². The Hall–Kier alpha value is -2.92. The van der Waals surface area contributed by atoms with E-state index >= 15 is 0 Å². The van der Waals surface area contributed by atoms with Crippen molar-refractivity contribution in [3.8, 4) is 0 Å². The molecule has 3 aromatic rings. The second-order valence-corrected chi connectivity index (χ2v) is 6.26. The van der Waals surface area contributed by atoms with Crippen LogP contribution in [-0.4, -0.2) is 21.5 Å². The molecule has 0 aliphatic heterocycles. The highest BCUT2D eigenvalue weighted by molar-refractivity contribution is 6.31. The summed E-state index contributed by atoms with van der Waals surface area (Å²) in [6.07, 6.45) is 0. The van der Waals surface area contributed by atoms with Gasteiger partial charge in [0.25, 0.3) is 5.91 Å². The van der Waals surface area contributed by atoms with Crippen LogP contribution >= 0.6 is 11.6 Å². The molecule has 3 rings (SSSR count). The van der Waals surface area contributed by atoms with E-state index in [1.54, 1.807) is 53.2 Å². The summed E-state index contributed by atoms with van der Waals surface area (Å²) in [6, 6.07) is 15.4. The van der Waals surface area contributed by atoms with Gasteiger partial charge < -0.3 is 5.32 Å². The van der Waals surface area contributed by atoms with Gasteiger partial charge in [0.15, 0.2) is 11.5 Å². The topological polar surface area (TPSA) is 64.0 Å². The van der Waals surface area contributed by atoms with Gasteiger partial charge in [0.05, 0.1) is 5.69 Å². The summed E-state index contributed by atoms with van der Waals surface area (Å²) in [5.74, 6) is -0.580. The lowest BCUT2D eigenvalue weighted by atomic mass is 10.0. The highest BCUT2D eigenvalue weighted by Crippen LogP contribution is 2.24. The number of nitrogens with one attached hydrogen (secondary N) is 1. The molecule has 2 aromatic carbocycles. The largest absolute Gasteiger partial charge is 0.320 e. The number of anilines is 1. The van der Waals surface area contributed by atoms with Crippen molar-refractivity contribution in [1.82, 2.24) is 9.78 Å². The third kappa shape index (κ3) is 3.68. The lowest BCUT2D eigenvalue weighted by molar-refractivity contribution is 0.102. The molecule has 0 aliphatic carbocycles. The van der Waals surface area contributed by atoms with Gasteiger partial charge in [-0.15, -0.1) is 0 Å². The van der Waals surface area contributed by atoms with Crippen molar-refractivity contribution in [3.05, 3.63) is 82.1 Å². The van der Waals surface area contributed by atoms with Crippen molar-refractivity contribution in [3.63, 3.8) is 0 Å². The minimum absolute atomic E-state index is 0.210. The van der Waals surface area contributed by atoms with Crippen LogP contribution in [-0.2, 0) is 6.54 Å². The van der Waals surface area contributed by atoms with Crippen molar-refractivity contribution in [2.75, 3.05) is 5.32 Å². The molecule has 0 bridgehead atoms. The van der Waals surface area contributed by atoms with Gasteiger partial charge in [-0.25, -0.2) is 0 Å². The Kier molecular flexibility index (Phi) is 5.19. The van der Waals surface area contributed by atoms with Crippen LogP contribution in [0.4, 0.5) is 5.69 Å². The van der Waals surface area contributed by atoms with E-state index in [1.807, 2.05) is 19.9 Å². The zero-order chi connectivity index (χ0) is 18.7. The molecule has 132 valence electrons. The molecule has 0 saturated carbocycles. The number of halogens is 1. The number of hydrogen-bond donors (Lipinski definition) is 1. The molecular weight excluding hydrogens is 350 g/mol. The van der Waals surface area contributed by atoms with Gasteiger partial charge in [0.1, 0.15) is 0 Å². The van der Waals surface area contributed by atoms with E-state index in [1.165, 1.54) is 0 Å². The molecule has 6 heteroatoms. The number of amides is 1. The van der Waals surface area contributed by atoms with Crippen molar-refractivity contribution in [1.29, 1.82) is 0 Å². The SMILES string of the molecule is CCn1nc(C(=O)Nc2ccc(Cl)cc2C(=O)c2ccccc2)cc1C. The Labute approximate surface area is 156 Å². The van der Waals surface area contributed by atoms with Crippen LogP contribution in [0.1, 0.15) is 39.0 Å². The number of carbonyl (C=O) groups excluding carboxylic acids is 2. The smallest absolute Gasteiger partial charge is 0.276 e. The van der Waals surface area contributed by atoms with E-state index in [-0.39, 0.29) is 11.7 Å². The molecule has 1 N–H and O–H groups in total. The average Bonchev–Trinajstić information content (AvgIpc) is 3.04. The summed E-state index contributed by atoms with van der Waals surface area (Å²) in [6.45, 7) is 4.52. The standard InChI is InChI=1S/C20H18ClN3O2/c1-3-24-13(2)11-18(23-24)20(26)22-17-10-9-15(21)12-16(17)19(25)14-7-5-4-6-8-14/h4-12H,3H2,1-2H3,(H,22,26). The zero-order valence-corrected chi connectivity index (χ0v) is 15.2. The van der Waals surface area contributed by atoms with Crippen LogP contribution in [0, 0.1) is 6.92 Å². The first-order chi connectivity index (χ1) is 12.5. The first-order valence-corrected chi connectivity index (χ1v) is 8.62. The fourth-order valence-electron chi connectivity index (χ4n) is 2.69. The van der Waals surface area contributed by atoms with Crippen LogP contribution in [0.15, 0.2) is 54.6 Å². The molecule has 26 heavy (non-hydrogen) atoms. The summed E-state index contributed by atoms with van der Waals surface area (Å²) in [7, 11) is 0. The van der Waals surface area contributed by atoms with Crippen LogP contribution in [0.3, 0.4) is 0 Å². The third-order valence-electron chi connectivity index (χ3n) is 4.02. The number of rotatable bonds is 5.